The first-order chi connectivity index (χ1) is 27.3. The van der Waals surface area contributed by atoms with Crippen molar-refractivity contribution in [1.82, 2.24) is 15.3 Å². The van der Waals surface area contributed by atoms with Crippen LogP contribution in [0.4, 0.5) is 10.2 Å². The number of nitrogens with one attached hydrogen (secondary N) is 1. The molecule has 1 N–H and O–H groups in total. The smallest absolute Gasteiger partial charge is 0.195 e. The van der Waals surface area contributed by atoms with Crippen molar-refractivity contribution in [2.45, 2.75) is 51.4 Å². The Labute approximate surface area is 337 Å². The molecule has 6 nitrogen and oxygen atoms in total. The third-order valence-corrected chi connectivity index (χ3v) is 11.3. The van der Waals surface area contributed by atoms with Crippen molar-refractivity contribution >= 4 is 74.0 Å². The Morgan fingerprint density at radius 2 is 1.07 bits per heavy atom. The summed E-state index contributed by atoms with van der Waals surface area (Å²) in [5.74, 6) is 0.972. The van der Waals surface area contributed by atoms with Crippen molar-refractivity contribution in [3.05, 3.63) is 122 Å². The Morgan fingerprint density at radius 1 is 0.600 bits per heavy atom. The van der Waals surface area contributed by atoms with Gasteiger partial charge in [-0.05, 0) is 86.3 Å². The fourth-order valence-corrected chi connectivity index (χ4v) is 8.59. The van der Waals surface area contributed by atoms with Crippen molar-refractivity contribution in [2.24, 2.45) is 0 Å². The Morgan fingerprint density at radius 3 is 1.64 bits per heavy atom. The molecule has 0 atom stereocenters. The van der Waals surface area contributed by atoms with Gasteiger partial charge in [-0.15, -0.1) is 0 Å². The van der Waals surface area contributed by atoms with E-state index in [2.05, 4.69) is 15.2 Å². The molecule has 2 fully saturated rings. The van der Waals surface area contributed by atoms with Gasteiger partial charge in [0.25, 0.3) is 0 Å². The summed E-state index contributed by atoms with van der Waals surface area (Å²) >= 11 is 18.5. The Kier molecular flexibility index (Phi) is 12.0. The van der Waals surface area contributed by atoms with Crippen molar-refractivity contribution in [3.8, 4) is 22.3 Å². The second kappa shape index (κ2) is 17.6. The molecule has 0 unspecified atom stereocenters. The van der Waals surface area contributed by atoms with E-state index in [9.17, 15) is 14.0 Å². The highest BCUT2D eigenvalue weighted by Gasteiger charge is 2.34. The summed E-state index contributed by atoms with van der Waals surface area (Å²) in [6.45, 7) is 4.49. The Balaban J connectivity index is 0.000000141. The summed E-state index contributed by atoms with van der Waals surface area (Å²) in [7, 11) is -1.00. The van der Waals surface area contributed by atoms with Crippen LogP contribution in [0, 0.1) is 0 Å². The summed E-state index contributed by atoms with van der Waals surface area (Å²) in [6.07, 6.45) is 10.5. The minimum absolute atomic E-state index is 0.0435. The molecule has 0 spiro atoms. The first-order valence-corrected chi connectivity index (χ1v) is 20.0. The summed E-state index contributed by atoms with van der Waals surface area (Å²) in [5.41, 5.74) is 7.77. The van der Waals surface area contributed by atoms with Gasteiger partial charge < -0.3 is 10.2 Å². The maximum absolute atomic E-state index is 13.3. The van der Waals surface area contributed by atoms with Crippen molar-refractivity contribution in [3.63, 3.8) is 0 Å². The lowest BCUT2D eigenvalue weighted by atomic mass is 10.0. The van der Waals surface area contributed by atoms with E-state index in [1.807, 2.05) is 66.7 Å². The molecule has 6 aromatic rings. The molecule has 2 aliphatic heterocycles. The van der Waals surface area contributed by atoms with Gasteiger partial charge >= 0.3 is 0 Å². The Bertz CT molecular complexity index is 2400. The van der Waals surface area contributed by atoms with E-state index in [0.29, 0.717) is 37.5 Å². The van der Waals surface area contributed by atoms with Crippen LogP contribution >= 0.6 is 34.8 Å². The van der Waals surface area contributed by atoms with Crippen LogP contribution in [0.2, 0.25) is 15.2 Å². The maximum atomic E-state index is 13.3. The number of ketones is 2. The molecule has 4 aliphatic rings. The number of nitrogens with zero attached hydrogens (tertiary/aromatic N) is 3. The standard InChI is InChI=1S/C22H19ClN2O.C16H7Cl2NO.C6H13N.CH3F/c23-14-9-10-15-17(13-14)21(26)19-16-7-3-4-8-18(16)24-22(20(15)19)25-11-5-1-2-6-12-25;17-8-5-6-9-11(7-8)15(20)13-10-3-1-2-4-12(10)19-16(18)14(9)13;1-2-4-6-7-5-3-1;1-2/h3-4,7-10,13H,1-2,5-6,11-12H2;1-7H;7H,1-6H2;1H3/i;;;1D. The molecule has 10 heteroatoms. The van der Waals surface area contributed by atoms with E-state index >= 15 is 0 Å². The van der Waals surface area contributed by atoms with Gasteiger partial charge in [0.05, 0.1) is 19.6 Å². The SMILES string of the molecule is C1CCCNCC1.O=C1c2cc(Cl)ccc2-c2c(Cl)nc3ccccc3c21.O=C1c2cc(Cl)ccc2-c2c(N3CCCCCC3)nc3ccccc3c21.[2H]CF. The minimum atomic E-state index is -1.00. The van der Waals surface area contributed by atoms with E-state index in [1.165, 1.54) is 64.5 Å². The number of hydrogen-bond acceptors (Lipinski definition) is 6. The van der Waals surface area contributed by atoms with E-state index in [1.54, 1.807) is 18.2 Å². The second-order valence-corrected chi connectivity index (χ2v) is 15.2. The Hall–Kier alpha value is -4.40. The topological polar surface area (TPSA) is 75.2 Å². The number of anilines is 1. The number of pyridine rings is 2. The lowest BCUT2D eigenvalue weighted by molar-refractivity contribution is 0.103. The molecule has 4 aromatic carbocycles. The van der Waals surface area contributed by atoms with Crippen molar-refractivity contribution in [2.75, 3.05) is 38.2 Å². The highest BCUT2D eigenvalue weighted by Crippen LogP contribution is 2.46. The zero-order valence-electron chi connectivity index (χ0n) is 31.4. The molecule has 2 aromatic heterocycles. The lowest BCUT2D eigenvalue weighted by Crippen LogP contribution is -2.25. The van der Waals surface area contributed by atoms with Gasteiger partial charge in [0, 0.05) is 67.3 Å². The predicted octanol–water partition coefficient (Wildman–Crippen LogP) is 12.0. The highest BCUT2D eigenvalue weighted by atomic mass is 35.5. The molecule has 10 rings (SSSR count). The average Bonchev–Trinajstić information content (AvgIpc) is 3.43. The number of aromatic nitrogens is 2. The van der Waals surface area contributed by atoms with Gasteiger partial charge in [-0.3, -0.25) is 14.0 Å². The fraction of sp³-hybridized carbons (Fsp3) is 0.289. The normalized spacial score (nSPS) is 15.8. The van der Waals surface area contributed by atoms with Crippen LogP contribution in [0.15, 0.2) is 84.9 Å². The lowest BCUT2D eigenvalue weighted by Gasteiger charge is -2.25. The van der Waals surface area contributed by atoms with Crippen LogP contribution in [0.5, 0.6) is 0 Å². The van der Waals surface area contributed by atoms with Crippen LogP contribution in [0.25, 0.3) is 44.1 Å². The number of halogens is 4. The van der Waals surface area contributed by atoms with E-state index in [-0.39, 0.29) is 11.6 Å². The van der Waals surface area contributed by atoms with Crippen LogP contribution in [-0.4, -0.2) is 54.9 Å². The summed E-state index contributed by atoms with van der Waals surface area (Å²) in [6, 6.07) is 26.4. The second-order valence-electron chi connectivity index (χ2n) is 14.0. The molecule has 2 saturated heterocycles. The summed E-state index contributed by atoms with van der Waals surface area (Å²) in [4.78, 5) is 37.7. The largest absolute Gasteiger partial charge is 0.356 e. The number of alkyl halides is 1. The number of benzene rings is 4. The molecule has 55 heavy (non-hydrogen) atoms. The average molecular weight is 797 g/mol. The van der Waals surface area contributed by atoms with E-state index in [0.717, 1.165) is 63.0 Å². The zero-order chi connectivity index (χ0) is 39.2. The van der Waals surface area contributed by atoms with E-state index < -0.39 is 7.15 Å². The number of fused-ring (bicyclic) bond motifs is 10. The molecule has 0 radical (unpaired) electrons. The van der Waals surface area contributed by atoms with Crippen molar-refractivity contribution < 1.29 is 15.4 Å². The first kappa shape index (κ1) is 37.5. The molecule has 0 amide bonds. The molecule has 4 heterocycles. The monoisotopic (exact) mass is 795 g/mol. The summed E-state index contributed by atoms with van der Waals surface area (Å²) < 4.78 is 15.5. The van der Waals surface area contributed by atoms with Crippen LogP contribution in [0.3, 0.4) is 0 Å². The first-order valence-electron chi connectivity index (χ1n) is 19.5. The third kappa shape index (κ3) is 7.86. The highest BCUT2D eigenvalue weighted by molar-refractivity contribution is 6.39. The third-order valence-electron chi connectivity index (χ3n) is 10.5. The molecule has 282 valence electrons. The number of para-hydroxylation sites is 2. The van der Waals surface area contributed by atoms with Gasteiger partial charge in [-0.1, -0.05) is 109 Å². The van der Waals surface area contributed by atoms with Gasteiger partial charge in [-0.25, -0.2) is 9.97 Å². The molecule has 0 bridgehead atoms. The van der Waals surface area contributed by atoms with Gasteiger partial charge in [0.1, 0.15) is 11.0 Å². The fourth-order valence-electron chi connectivity index (χ4n) is 7.96. The molecular formula is C45H42Cl3FN4O2. The molecular weight excluding hydrogens is 754 g/mol. The van der Waals surface area contributed by atoms with Crippen LogP contribution in [-0.2, 0) is 0 Å². The van der Waals surface area contributed by atoms with Crippen molar-refractivity contribution in [1.29, 1.82) is 0 Å². The number of hydrogen-bond donors (Lipinski definition) is 1. The molecule has 2 aliphatic carbocycles. The van der Waals surface area contributed by atoms with Gasteiger partial charge in [0.15, 0.2) is 11.6 Å². The zero-order valence-corrected chi connectivity index (χ0v) is 32.7. The number of carbonyl (C=O) groups is 2. The maximum Gasteiger partial charge on any atom is 0.195 e. The number of rotatable bonds is 1. The number of carbonyl (C=O) groups excluding carboxylic acids is 2. The summed E-state index contributed by atoms with van der Waals surface area (Å²) in [5, 5.41) is 6.59. The molecule has 0 saturated carbocycles. The quantitative estimate of drug-likeness (QED) is 0.167. The van der Waals surface area contributed by atoms with Crippen LogP contribution in [0.1, 0.15) is 84.6 Å². The van der Waals surface area contributed by atoms with Gasteiger partial charge in [-0.2, -0.15) is 0 Å². The predicted molar refractivity (Wildman–Crippen MR) is 225 cm³/mol. The van der Waals surface area contributed by atoms with E-state index in [4.69, 9.17) is 41.2 Å². The van der Waals surface area contributed by atoms with Crippen LogP contribution < -0.4 is 10.2 Å². The minimum Gasteiger partial charge on any atom is -0.356 e. The van der Waals surface area contributed by atoms with Gasteiger partial charge in [0.2, 0.25) is 0 Å².